The van der Waals surface area contributed by atoms with Crippen molar-refractivity contribution in [1.29, 1.82) is 0 Å². The van der Waals surface area contributed by atoms with Crippen molar-refractivity contribution in [3.05, 3.63) is 17.7 Å². The average molecular weight is 285 g/mol. The summed E-state index contributed by atoms with van der Waals surface area (Å²) in [5.74, 6) is 1.98. The van der Waals surface area contributed by atoms with E-state index >= 15 is 0 Å². The number of nitrogens with zero attached hydrogens (tertiary/aromatic N) is 2. The maximum absolute atomic E-state index is 11.6. The third kappa shape index (κ3) is 4.31. The summed E-state index contributed by atoms with van der Waals surface area (Å²) in [6.07, 6.45) is 5.78. The van der Waals surface area contributed by atoms with E-state index in [0.29, 0.717) is 19.4 Å². The van der Waals surface area contributed by atoms with Crippen LogP contribution in [-0.4, -0.2) is 30.3 Å². The van der Waals surface area contributed by atoms with E-state index in [-0.39, 0.29) is 5.75 Å². The van der Waals surface area contributed by atoms with Gasteiger partial charge in [0.25, 0.3) is 0 Å². The van der Waals surface area contributed by atoms with Gasteiger partial charge in [-0.05, 0) is 32.1 Å². The summed E-state index contributed by atoms with van der Waals surface area (Å²) >= 11 is 0. The van der Waals surface area contributed by atoms with Crippen molar-refractivity contribution in [2.75, 3.05) is 12.3 Å². The highest BCUT2D eigenvalue weighted by Crippen LogP contribution is 2.31. The van der Waals surface area contributed by atoms with Gasteiger partial charge in [-0.15, -0.1) is 0 Å². The predicted molar refractivity (Wildman–Crippen MR) is 75.5 cm³/mol. The molecule has 0 aromatic carbocycles. The van der Waals surface area contributed by atoms with Crippen LogP contribution >= 0.6 is 0 Å². The lowest BCUT2D eigenvalue weighted by atomic mass is 10.3. The van der Waals surface area contributed by atoms with Crippen LogP contribution in [0.2, 0.25) is 0 Å². The summed E-state index contributed by atoms with van der Waals surface area (Å²) in [5, 5.41) is 0. The van der Waals surface area contributed by atoms with Crippen LogP contribution in [0.25, 0.3) is 0 Å². The topological polar surface area (TPSA) is 64.0 Å². The Kier molecular flexibility index (Phi) is 4.62. The maximum atomic E-state index is 11.6. The van der Waals surface area contributed by atoms with Crippen molar-refractivity contribution in [3.8, 4) is 0 Å². The minimum atomic E-state index is -3.11. The van der Waals surface area contributed by atoms with Gasteiger partial charge >= 0.3 is 0 Å². The van der Waals surface area contributed by atoms with Gasteiger partial charge in [-0.3, -0.25) is 0 Å². The minimum absolute atomic E-state index is 0.197. The number of aromatic nitrogens is 2. The molecule has 1 aliphatic carbocycles. The highest BCUT2D eigenvalue weighted by atomic mass is 32.2. The molecule has 0 aliphatic heterocycles. The van der Waals surface area contributed by atoms with Crippen molar-refractivity contribution in [2.24, 2.45) is 5.92 Å². The lowest BCUT2D eigenvalue weighted by Gasteiger charge is -2.10. The number of hydrogen-bond acceptors (Lipinski definition) is 3. The average Bonchev–Trinajstić information content (AvgIpc) is 3.08. The van der Waals surface area contributed by atoms with Crippen molar-refractivity contribution in [1.82, 2.24) is 14.3 Å². The Morgan fingerprint density at radius 2 is 2.21 bits per heavy atom. The van der Waals surface area contributed by atoms with Crippen molar-refractivity contribution >= 4 is 10.0 Å². The Morgan fingerprint density at radius 1 is 1.47 bits per heavy atom. The molecule has 0 bridgehead atoms. The standard InChI is InChI=1S/C13H23N3O2S/c1-3-8-19(17,18)15-7-6-13-14-9-11(2)16(13)10-12-4-5-12/h9,12,15H,3-8,10H2,1-2H3. The molecule has 0 unspecified atom stereocenters. The molecule has 0 amide bonds. The number of imidazole rings is 1. The normalized spacial score (nSPS) is 15.9. The smallest absolute Gasteiger partial charge is 0.211 e. The molecule has 1 saturated carbocycles. The lowest BCUT2D eigenvalue weighted by molar-refractivity contribution is 0.566. The van der Waals surface area contributed by atoms with Gasteiger partial charge in [-0.2, -0.15) is 0 Å². The molecule has 19 heavy (non-hydrogen) atoms. The Morgan fingerprint density at radius 3 is 2.84 bits per heavy atom. The zero-order valence-electron chi connectivity index (χ0n) is 11.7. The van der Waals surface area contributed by atoms with Crippen LogP contribution in [0.3, 0.4) is 0 Å². The number of sulfonamides is 1. The van der Waals surface area contributed by atoms with Gasteiger partial charge in [0.05, 0.1) is 5.75 Å². The minimum Gasteiger partial charge on any atom is -0.332 e. The van der Waals surface area contributed by atoms with Crippen LogP contribution < -0.4 is 4.72 Å². The fraction of sp³-hybridized carbons (Fsp3) is 0.769. The third-order valence-electron chi connectivity index (χ3n) is 3.42. The number of rotatable bonds is 8. The number of aryl methyl sites for hydroxylation is 1. The molecule has 0 spiro atoms. The van der Waals surface area contributed by atoms with Crippen LogP contribution in [0.15, 0.2) is 6.20 Å². The van der Waals surface area contributed by atoms with Crippen molar-refractivity contribution < 1.29 is 8.42 Å². The maximum Gasteiger partial charge on any atom is 0.211 e. The second kappa shape index (κ2) is 6.05. The second-order valence-electron chi connectivity index (χ2n) is 5.33. The highest BCUT2D eigenvalue weighted by Gasteiger charge is 2.23. The molecular formula is C13H23N3O2S. The summed E-state index contributed by atoms with van der Waals surface area (Å²) in [4.78, 5) is 4.39. The van der Waals surface area contributed by atoms with Gasteiger partial charge in [-0.25, -0.2) is 18.1 Å². The van der Waals surface area contributed by atoms with Gasteiger partial charge < -0.3 is 4.57 Å². The van der Waals surface area contributed by atoms with Gasteiger partial charge in [0.15, 0.2) is 0 Å². The third-order valence-corrected chi connectivity index (χ3v) is 5.01. The van der Waals surface area contributed by atoms with Gasteiger partial charge in [0, 0.05) is 31.4 Å². The van der Waals surface area contributed by atoms with Gasteiger partial charge in [0.2, 0.25) is 10.0 Å². The van der Waals surface area contributed by atoms with Crippen LogP contribution in [0, 0.1) is 12.8 Å². The van der Waals surface area contributed by atoms with Crippen LogP contribution in [0.4, 0.5) is 0 Å². The summed E-state index contributed by atoms with van der Waals surface area (Å²) in [6, 6.07) is 0. The lowest BCUT2D eigenvalue weighted by Crippen LogP contribution is -2.28. The van der Waals surface area contributed by atoms with E-state index in [1.165, 1.54) is 18.5 Å². The van der Waals surface area contributed by atoms with E-state index in [1.54, 1.807) is 0 Å². The first-order chi connectivity index (χ1) is 9.02. The molecule has 1 fully saturated rings. The van der Waals surface area contributed by atoms with E-state index < -0.39 is 10.0 Å². The highest BCUT2D eigenvalue weighted by molar-refractivity contribution is 7.89. The molecule has 1 heterocycles. The largest absolute Gasteiger partial charge is 0.332 e. The zero-order chi connectivity index (χ0) is 13.9. The molecular weight excluding hydrogens is 262 g/mol. The van der Waals surface area contributed by atoms with Crippen LogP contribution in [0.5, 0.6) is 0 Å². The second-order valence-corrected chi connectivity index (χ2v) is 7.26. The Labute approximate surface area is 115 Å². The monoisotopic (exact) mass is 285 g/mol. The summed E-state index contributed by atoms with van der Waals surface area (Å²) < 4.78 is 28.0. The Balaban J connectivity index is 1.88. The Bertz CT molecular complexity index is 518. The summed E-state index contributed by atoms with van der Waals surface area (Å²) in [7, 11) is -3.11. The molecule has 1 aromatic rings. The molecule has 0 radical (unpaired) electrons. The van der Waals surface area contributed by atoms with E-state index in [1.807, 2.05) is 13.1 Å². The Hall–Kier alpha value is -0.880. The van der Waals surface area contributed by atoms with E-state index in [2.05, 4.69) is 21.2 Å². The van der Waals surface area contributed by atoms with Crippen molar-refractivity contribution in [3.63, 3.8) is 0 Å². The zero-order valence-corrected chi connectivity index (χ0v) is 12.5. The molecule has 0 atom stereocenters. The SMILES string of the molecule is CCCS(=O)(=O)NCCc1ncc(C)n1CC1CC1. The summed E-state index contributed by atoms with van der Waals surface area (Å²) in [6.45, 7) is 5.39. The fourth-order valence-corrected chi connectivity index (χ4v) is 3.27. The number of nitrogens with one attached hydrogen (secondary N) is 1. The molecule has 1 aromatic heterocycles. The summed E-state index contributed by atoms with van der Waals surface area (Å²) in [5.41, 5.74) is 1.17. The van der Waals surface area contributed by atoms with Crippen molar-refractivity contribution in [2.45, 2.75) is 46.1 Å². The molecule has 1 N–H and O–H groups in total. The molecule has 0 saturated heterocycles. The molecule has 2 rings (SSSR count). The predicted octanol–water partition coefficient (Wildman–Crippen LogP) is 1.47. The molecule has 108 valence electrons. The van der Waals surface area contributed by atoms with Gasteiger partial charge in [-0.1, -0.05) is 6.92 Å². The van der Waals surface area contributed by atoms with Crippen LogP contribution in [0.1, 0.15) is 37.7 Å². The molecule has 5 nitrogen and oxygen atoms in total. The molecule has 6 heteroatoms. The fourth-order valence-electron chi connectivity index (χ4n) is 2.18. The van der Waals surface area contributed by atoms with Gasteiger partial charge in [0.1, 0.15) is 5.82 Å². The first-order valence-corrected chi connectivity index (χ1v) is 8.65. The number of hydrogen-bond donors (Lipinski definition) is 1. The van der Waals surface area contributed by atoms with E-state index in [4.69, 9.17) is 0 Å². The molecule has 1 aliphatic rings. The quantitative estimate of drug-likeness (QED) is 0.786. The van der Waals surface area contributed by atoms with E-state index in [9.17, 15) is 8.42 Å². The first-order valence-electron chi connectivity index (χ1n) is 7.00. The first kappa shape index (κ1) is 14.5. The van der Waals surface area contributed by atoms with Crippen LogP contribution in [-0.2, 0) is 23.0 Å². The van der Waals surface area contributed by atoms with E-state index in [0.717, 1.165) is 18.3 Å².